The second-order valence-electron chi connectivity index (χ2n) is 15.5. The van der Waals surface area contributed by atoms with Crippen LogP contribution in [0.1, 0.15) is 68.8 Å². The summed E-state index contributed by atoms with van der Waals surface area (Å²) in [6, 6.07) is 6.93. The number of nitrogens with zero attached hydrogens (tertiary/aromatic N) is 3. The van der Waals surface area contributed by atoms with Crippen molar-refractivity contribution < 1.29 is 43.0 Å². The van der Waals surface area contributed by atoms with Gasteiger partial charge in [0, 0.05) is 56.5 Å². The summed E-state index contributed by atoms with van der Waals surface area (Å²) < 4.78 is 22.5. The largest absolute Gasteiger partial charge is 0.477 e. The van der Waals surface area contributed by atoms with E-state index in [-0.39, 0.29) is 56.8 Å². The summed E-state index contributed by atoms with van der Waals surface area (Å²) in [5.74, 6) is -3.63. The Morgan fingerprint density at radius 3 is 2.30 bits per heavy atom. The number of piperazine rings is 1. The fourth-order valence-electron chi connectivity index (χ4n) is 7.37. The molecule has 63 heavy (non-hydrogen) atoms. The Morgan fingerprint density at radius 1 is 1.02 bits per heavy atom. The lowest BCUT2D eigenvalue weighted by Crippen LogP contribution is -2.59. The van der Waals surface area contributed by atoms with Crippen molar-refractivity contribution in [2.75, 3.05) is 42.9 Å². The normalized spacial score (nSPS) is 15.6. The second-order valence-corrected chi connectivity index (χ2v) is 15.5. The number of allylic oxidation sites excluding steroid dienone is 3. The molecule has 1 aliphatic carbocycles. The van der Waals surface area contributed by atoms with E-state index in [1.165, 1.54) is 17.2 Å². The number of carboxylic acid groups (broad SMARTS) is 1. The van der Waals surface area contributed by atoms with Crippen LogP contribution in [0.15, 0.2) is 83.8 Å². The first-order valence-electron chi connectivity index (χ1n) is 20.9. The minimum absolute atomic E-state index is 0.0303. The van der Waals surface area contributed by atoms with Crippen LogP contribution in [0.25, 0.3) is 10.9 Å². The number of carboxylic acids is 1. The fourth-order valence-corrected chi connectivity index (χ4v) is 7.37. The molecule has 7 N–H and O–H groups in total. The first kappa shape index (κ1) is 47.1. The van der Waals surface area contributed by atoms with Crippen LogP contribution in [0.4, 0.5) is 25.4 Å². The third-order valence-corrected chi connectivity index (χ3v) is 11.4. The van der Waals surface area contributed by atoms with E-state index in [1.54, 1.807) is 59.7 Å². The van der Waals surface area contributed by atoms with Gasteiger partial charge in [0.2, 0.25) is 23.2 Å². The molecule has 3 aromatic rings. The molecule has 17 nitrogen and oxygen atoms in total. The predicted molar refractivity (Wildman–Crippen MR) is 236 cm³/mol. The minimum Gasteiger partial charge on any atom is -0.477 e. The molecule has 2 heterocycles. The number of hydrogen-bond donors (Lipinski definition) is 6. The number of pyridine rings is 1. The molecule has 18 heteroatoms. The molecule has 2 atom stereocenters. The van der Waals surface area contributed by atoms with Crippen molar-refractivity contribution in [1.29, 1.82) is 0 Å². The number of carbonyl (C=O) groups is 6. The van der Waals surface area contributed by atoms with E-state index in [4.69, 9.17) is 10.5 Å². The molecule has 0 bridgehead atoms. The Kier molecular flexibility index (Phi) is 15.8. The predicted octanol–water partition coefficient (Wildman–Crippen LogP) is 4.55. The van der Waals surface area contributed by atoms with Crippen molar-refractivity contribution in [2.45, 2.75) is 78.1 Å². The van der Waals surface area contributed by atoms with Crippen LogP contribution in [0.5, 0.6) is 0 Å². The van der Waals surface area contributed by atoms with Gasteiger partial charge in [-0.1, -0.05) is 49.4 Å². The van der Waals surface area contributed by atoms with Gasteiger partial charge in [-0.2, -0.15) is 0 Å². The molecule has 1 aliphatic heterocycles. The molecule has 0 spiro atoms. The molecular formula is C45H55FN8O9. The van der Waals surface area contributed by atoms with Crippen LogP contribution in [-0.2, 0) is 32.3 Å². The van der Waals surface area contributed by atoms with Crippen molar-refractivity contribution in [3.63, 3.8) is 0 Å². The van der Waals surface area contributed by atoms with Crippen LogP contribution in [-0.4, -0.2) is 95.2 Å². The SMILES string of the molecule is C=C(/C=C\C=C/C)[C@@H](C)NC(=O)C1(C(=O)N[C@@H](CCCNC(N)=O)C(=O)Nc2ccc(COC(=O)N3CCN(c4cc5c(cc4F)c(=O)c(C(=O)O)cn5CC)CC3)cc2)CCC1. The van der Waals surface area contributed by atoms with Gasteiger partial charge in [0.25, 0.3) is 0 Å². The fraction of sp³-hybridized carbons (Fsp3) is 0.400. The van der Waals surface area contributed by atoms with Crippen molar-refractivity contribution in [2.24, 2.45) is 11.1 Å². The minimum atomic E-state index is -1.39. The number of aromatic carboxylic acids is 1. The molecule has 2 fully saturated rings. The number of nitrogens with one attached hydrogen (secondary N) is 4. The van der Waals surface area contributed by atoms with Crippen LogP contribution in [0.2, 0.25) is 0 Å². The zero-order valence-corrected chi connectivity index (χ0v) is 35.7. The topological polar surface area (TPSA) is 234 Å². The Hall–Kier alpha value is -6.98. The van der Waals surface area contributed by atoms with Crippen molar-refractivity contribution >= 4 is 58.1 Å². The van der Waals surface area contributed by atoms with Gasteiger partial charge < -0.3 is 51.2 Å². The first-order chi connectivity index (χ1) is 30.1. The van der Waals surface area contributed by atoms with E-state index in [9.17, 15) is 38.7 Å². The highest BCUT2D eigenvalue weighted by molar-refractivity contribution is 6.08. The quantitative estimate of drug-likeness (QED) is 0.0593. The van der Waals surface area contributed by atoms with E-state index < -0.39 is 70.1 Å². The van der Waals surface area contributed by atoms with Gasteiger partial charge in [-0.3, -0.25) is 19.2 Å². The molecular weight excluding hydrogens is 816 g/mol. The average Bonchev–Trinajstić information content (AvgIpc) is 3.23. The Balaban J connectivity index is 1.16. The van der Waals surface area contributed by atoms with Gasteiger partial charge in [0.1, 0.15) is 29.4 Å². The number of carbonyl (C=O) groups excluding carboxylic acids is 5. The molecule has 1 saturated heterocycles. The Morgan fingerprint density at radius 2 is 1.70 bits per heavy atom. The number of benzene rings is 2. The molecule has 5 rings (SSSR count). The number of halogens is 1. The third-order valence-electron chi connectivity index (χ3n) is 11.4. The molecule has 2 aliphatic rings. The monoisotopic (exact) mass is 870 g/mol. The Labute approximate surface area is 364 Å². The van der Waals surface area contributed by atoms with E-state index in [1.807, 2.05) is 19.1 Å². The Bertz CT molecular complexity index is 2350. The molecule has 1 aromatic heterocycles. The summed E-state index contributed by atoms with van der Waals surface area (Å²) in [5.41, 5.74) is 4.94. The first-order valence-corrected chi connectivity index (χ1v) is 20.9. The van der Waals surface area contributed by atoms with Crippen LogP contribution >= 0.6 is 0 Å². The van der Waals surface area contributed by atoms with Gasteiger partial charge in [0.05, 0.1) is 17.2 Å². The number of aromatic nitrogens is 1. The van der Waals surface area contributed by atoms with E-state index >= 15 is 4.39 Å². The molecule has 336 valence electrons. The van der Waals surface area contributed by atoms with Crippen LogP contribution in [0, 0.1) is 11.2 Å². The maximum Gasteiger partial charge on any atom is 0.410 e. The lowest BCUT2D eigenvalue weighted by Gasteiger charge is -2.40. The summed E-state index contributed by atoms with van der Waals surface area (Å²) in [7, 11) is 0. The third kappa shape index (κ3) is 11.5. The summed E-state index contributed by atoms with van der Waals surface area (Å²) in [4.78, 5) is 92.8. The van der Waals surface area contributed by atoms with E-state index in [0.29, 0.717) is 54.6 Å². The molecule has 0 unspecified atom stereocenters. The van der Waals surface area contributed by atoms with Gasteiger partial charge in [-0.15, -0.1) is 0 Å². The zero-order valence-electron chi connectivity index (χ0n) is 35.7. The van der Waals surface area contributed by atoms with Crippen molar-refractivity contribution in [3.8, 4) is 0 Å². The number of primary amides is 1. The number of fused-ring (bicyclic) bond motifs is 1. The number of urea groups is 1. The maximum absolute atomic E-state index is 15.3. The zero-order chi connectivity index (χ0) is 45.8. The van der Waals surface area contributed by atoms with Gasteiger partial charge >= 0.3 is 18.1 Å². The second kappa shape index (κ2) is 21.2. The molecule has 6 amide bonds. The molecule has 0 radical (unpaired) electrons. The smallest absolute Gasteiger partial charge is 0.410 e. The van der Waals surface area contributed by atoms with Gasteiger partial charge in [-0.05, 0) is 81.9 Å². The number of aryl methyl sites for hydroxylation is 1. The summed E-state index contributed by atoms with van der Waals surface area (Å²) in [6.07, 6.45) is 9.67. The van der Waals surface area contributed by atoms with Crippen molar-refractivity contribution in [3.05, 3.63) is 106 Å². The number of ether oxygens (including phenoxy) is 1. The van der Waals surface area contributed by atoms with E-state index in [0.717, 1.165) is 6.07 Å². The van der Waals surface area contributed by atoms with Crippen LogP contribution < -0.4 is 37.3 Å². The standard InChI is InChI=1S/C45H55FN8O9/c1-5-7-8-11-28(3)29(4)49-41(59)45(17-10-18-45)42(60)51-35(12-9-19-48-43(47)61)39(56)50-31-15-13-30(14-16-31)27-63-44(62)54-22-20-53(21-23-54)37-25-36-32(24-34(37)46)38(55)33(40(57)58)26-52(36)6-2/h5,7-8,11,13-16,24-26,29,35H,3,6,9-10,12,17-23,27H2,1-2,4H3,(H,49,59)(H,50,56)(H,51,60)(H,57,58)(H3,47,48,61)/b7-5-,11-8-/t29-,35+/m1/s1. The van der Waals surface area contributed by atoms with Crippen LogP contribution in [0.3, 0.4) is 0 Å². The van der Waals surface area contributed by atoms with Gasteiger partial charge in [0.15, 0.2) is 0 Å². The van der Waals surface area contributed by atoms with Gasteiger partial charge in [-0.25, -0.2) is 18.8 Å². The highest BCUT2D eigenvalue weighted by Crippen LogP contribution is 2.42. The highest BCUT2D eigenvalue weighted by atomic mass is 19.1. The summed E-state index contributed by atoms with van der Waals surface area (Å²) >= 11 is 0. The summed E-state index contributed by atoms with van der Waals surface area (Å²) in [5, 5.41) is 20.4. The van der Waals surface area contributed by atoms with Crippen molar-refractivity contribution in [1.82, 2.24) is 25.4 Å². The molecule has 1 saturated carbocycles. The highest BCUT2D eigenvalue weighted by Gasteiger charge is 2.51. The number of anilines is 2. The number of rotatable bonds is 18. The lowest BCUT2D eigenvalue weighted by atomic mass is 9.67. The number of amides is 6. The average molecular weight is 871 g/mol. The maximum atomic E-state index is 15.3. The number of hydrogen-bond acceptors (Lipinski definition) is 9. The van der Waals surface area contributed by atoms with E-state index in [2.05, 4.69) is 27.8 Å². The lowest BCUT2D eigenvalue weighted by molar-refractivity contribution is -0.151. The summed E-state index contributed by atoms with van der Waals surface area (Å²) in [6.45, 7) is 10.9. The molecule has 2 aromatic carbocycles. The number of nitrogens with two attached hydrogens (primary N) is 1.